The summed E-state index contributed by atoms with van der Waals surface area (Å²) in [6, 6.07) is 16.6. The lowest BCUT2D eigenvalue weighted by Gasteiger charge is -2.20. The fraction of sp³-hybridized carbons (Fsp3) is 0.111. The van der Waals surface area contributed by atoms with Gasteiger partial charge < -0.3 is 19.0 Å². The van der Waals surface area contributed by atoms with E-state index < -0.39 is 17.2 Å². The van der Waals surface area contributed by atoms with Gasteiger partial charge in [0.05, 0.1) is 27.8 Å². The zero-order chi connectivity index (χ0) is 24.1. The quantitative estimate of drug-likeness (QED) is 0.322. The molecule has 0 unspecified atom stereocenters. The molecule has 0 aliphatic heterocycles. The molecule has 3 aromatic carbocycles. The van der Waals surface area contributed by atoms with Crippen molar-refractivity contribution in [1.82, 2.24) is 0 Å². The fourth-order valence-corrected chi connectivity index (χ4v) is 4.55. The van der Waals surface area contributed by atoms with E-state index in [0.717, 1.165) is 11.1 Å². The van der Waals surface area contributed by atoms with Crippen molar-refractivity contribution in [3.8, 4) is 11.5 Å². The number of halogens is 1. The second kappa shape index (κ2) is 8.08. The summed E-state index contributed by atoms with van der Waals surface area (Å²) in [7, 11) is 0. The van der Waals surface area contributed by atoms with Crippen LogP contribution in [-0.4, -0.2) is 10.2 Å². The molecule has 0 bridgehead atoms. The molecule has 5 aromatic rings. The zero-order valence-electron chi connectivity index (χ0n) is 18.3. The maximum Gasteiger partial charge on any atom is 0.344 e. The third-order valence-electron chi connectivity index (χ3n) is 5.93. The third kappa shape index (κ3) is 3.43. The van der Waals surface area contributed by atoms with Crippen LogP contribution >= 0.6 is 11.6 Å². The van der Waals surface area contributed by atoms with Crippen molar-refractivity contribution in [3.05, 3.63) is 114 Å². The molecule has 0 atom stereocenters. The van der Waals surface area contributed by atoms with Crippen molar-refractivity contribution in [1.29, 1.82) is 0 Å². The second-order valence-electron chi connectivity index (χ2n) is 8.26. The van der Waals surface area contributed by atoms with Crippen LogP contribution in [-0.2, 0) is 0 Å². The van der Waals surface area contributed by atoms with Gasteiger partial charge in [-0.25, -0.2) is 9.59 Å². The van der Waals surface area contributed by atoms with E-state index in [1.807, 2.05) is 13.8 Å². The number of aryl methyl sites for hydroxylation is 2. The monoisotopic (exact) mass is 474 g/mol. The Morgan fingerprint density at radius 2 is 1.21 bits per heavy atom. The summed E-state index contributed by atoms with van der Waals surface area (Å²) < 4.78 is 11.0. The van der Waals surface area contributed by atoms with Crippen LogP contribution < -0.4 is 11.3 Å². The number of benzene rings is 3. The lowest BCUT2D eigenvalue weighted by molar-refractivity contribution is 0.441. The van der Waals surface area contributed by atoms with Gasteiger partial charge in [-0.15, -0.1) is 0 Å². The largest absolute Gasteiger partial charge is 0.507 e. The first-order valence-electron chi connectivity index (χ1n) is 10.5. The summed E-state index contributed by atoms with van der Waals surface area (Å²) in [5.41, 5.74) is 0.222. The van der Waals surface area contributed by atoms with Crippen LogP contribution in [0.15, 0.2) is 79.1 Å². The highest BCUT2D eigenvalue weighted by atomic mass is 35.5. The van der Waals surface area contributed by atoms with E-state index in [1.54, 1.807) is 60.7 Å². The Hall–Kier alpha value is -4.03. The van der Waals surface area contributed by atoms with E-state index in [2.05, 4.69) is 0 Å². The first kappa shape index (κ1) is 21.8. The van der Waals surface area contributed by atoms with Crippen LogP contribution in [0.1, 0.15) is 33.7 Å². The average Bonchev–Trinajstić information content (AvgIpc) is 2.80. The highest BCUT2D eigenvalue weighted by Gasteiger charge is 2.33. The summed E-state index contributed by atoms with van der Waals surface area (Å²) in [4.78, 5) is 26.4. The van der Waals surface area contributed by atoms with E-state index in [0.29, 0.717) is 16.3 Å². The minimum absolute atomic E-state index is 0.195. The normalized spacial score (nSPS) is 11.5. The van der Waals surface area contributed by atoms with Gasteiger partial charge in [0.1, 0.15) is 22.7 Å². The van der Waals surface area contributed by atoms with Crippen LogP contribution in [0, 0.1) is 13.8 Å². The molecule has 0 saturated heterocycles. The van der Waals surface area contributed by atoms with Crippen molar-refractivity contribution in [3.63, 3.8) is 0 Å². The zero-order valence-corrected chi connectivity index (χ0v) is 19.0. The van der Waals surface area contributed by atoms with Gasteiger partial charge in [0.15, 0.2) is 0 Å². The van der Waals surface area contributed by atoms with E-state index in [-0.39, 0.29) is 38.8 Å². The van der Waals surface area contributed by atoms with Gasteiger partial charge in [-0.1, -0.05) is 53.1 Å². The van der Waals surface area contributed by atoms with Crippen molar-refractivity contribution in [2.45, 2.75) is 19.8 Å². The Morgan fingerprint density at radius 1 is 0.735 bits per heavy atom. The molecule has 0 saturated carbocycles. The highest BCUT2D eigenvalue weighted by molar-refractivity contribution is 6.31. The molecule has 0 amide bonds. The number of hydrogen-bond acceptors (Lipinski definition) is 6. The molecule has 34 heavy (non-hydrogen) atoms. The van der Waals surface area contributed by atoms with Gasteiger partial charge in [0.2, 0.25) is 0 Å². The van der Waals surface area contributed by atoms with Crippen LogP contribution in [0.2, 0.25) is 5.02 Å². The molecule has 0 fully saturated rings. The van der Waals surface area contributed by atoms with E-state index in [9.17, 15) is 19.8 Å². The van der Waals surface area contributed by atoms with Gasteiger partial charge in [-0.3, -0.25) is 0 Å². The summed E-state index contributed by atoms with van der Waals surface area (Å²) in [6.45, 7) is 3.67. The van der Waals surface area contributed by atoms with Gasteiger partial charge in [-0.2, -0.15) is 0 Å². The van der Waals surface area contributed by atoms with E-state index in [1.165, 1.54) is 0 Å². The molecule has 5 rings (SSSR count). The number of hydrogen-bond donors (Lipinski definition) is 2. The third-order valence-corrected chi connectivity index (χ3v) is 6.27. The molecule has 0 aliphatic rings. The SMILES string of the molecule is Cc1ccc2oc(=O)c(C(c3ccccc3Cl)c3c(O)c4cc(C)ccc4oc3=O)c(O)c2c1. The molecule has 7 heteroatoms. The molecule has 0 aliphatic carbocycles. The molecular weight excluding hydrogens is 456 g/mol. The first-order valence-corrected chi connectivity index (χ1v) is 10.9. The van der Waals surface area contributed by atoms with Crippen molar-refractivity contribution < 1.29 is 19.0 Å². The smallest absolute Gasteiger partial charge is 0.344 e. The Labute approximate surface area is 198 Å². The Morgan fingerprint density at radius 3 is 1.68 bits per heavy atom. The lowest BCUT2D eigenvalue weighted by atomic mass is 9.84. The van der Waals surface area contributed by atoms with Gasteiger partial charge in [0, 0.05) is 5.02 Å². The average molecular weight is 475 g/mol. The molecule has 2 N–H and O–H groups in total. The number of rotatable bonds is 3. The summed E-state index contributed by atoms with van der Waals surface area (Å²) in [5.74, 6) is -1.97. The molecule has 0 radical (unpaired) electrons. The lowest BCUT2D eigenvalue weighted by Crippen LogP contribution is -2.21. The minimum Gasteiger partial charge on any atom is -0.507 e. The predicted molar refractivity (Wildman–Crippen MR) is 130 cm³/mol. The molecule has 2 aromatic heterocycles. The molecular formula is C27H19ClO6. The van der Waals surface area contributed by atoms with Crippen LogP contribution in [0.4, 0.5) is 0 Å². The molecule has 2 heterocycles. The van der Waals surface area contributed by atoms with Gasteiger partial charge in [-0.05, 0) is 49.7 Å². The molecule has 6 nitrogen and oxygen atoms in total. The number of fused-ring (bicyclic) bond motifs is 2. The standard InChI is InChI=1S/C27H19ClO6/c1-13-7-9-19-16(11-13)24(29)22(26(31)33-19)21(15-5-3-4-6-18(15)28)23-25(30)17-12-14(2)8-10-20(17)34-27(23)32/h3-12,21,29-30H,1-2H3. The summed E-state index contributed by atoms with van der Waals surface area (Å²) in [6.07, 6.45) is 0. The first-order chi connectivity index (χ1) is 16.3. The van der Waals surface area contributed by atoms with Crippen molar-refractivity contribution >= 4 is 33.5 Å². The fourth-order valence-electron chi connectivity index (χ4n) is 4.30. The van der Waals surface area contributed by atoms with Crippen molar-refractivity contribution in [2.75, 3.05) is 0 Å². The van der Waals surface area contributed by atoms with Crippen molar-refractivity contribution in [2.24, 2.45) is 0 Å². The van der Waals surface area contributed by atoms with Crippen LogP contribution in [0.3, 0.4) is 0 Å². The summed E-state index contributed by atoms with van der Waals surface area (Å²) in [5, 5.41) is 23.4. The maximum atomic E-state index is 13.2. The highest BCUT2D eigenvalue weighted by Crippen LogP contribution is 2.43. The van der Waals surface area contributed by atoms with Crippen LogP contribution in [0.5, 0.6) is 11.5 Å². The van der Waals surface area contributed by atoms with E-state index >= 15 is 0 Å². The predicted octanol–water partition coefficient (Wildman–Crippen LogP) is 5.76. The molecule has 0 spiro atoms. The Kier molecular flexibility index (Phi) is 5.18. The minimum atomic E-state index is -1.25. The van der Waals surface area contributed by atoms with Gasteiger partial charge >= 0.3 is 11.3 Å². The van der Waals surface area contributed by atoms with Crippen LogP contribution in [0.25, 0.3) is 21.9 Å². The maximum absolute atomic E-state index is 13.2. The Bertz CT molecular complexity index is 1610. The second-order valence-corrected chi connectivity index (χ2v) is 8.66. The van der Waals surface area contributed by atoms with Gasteiger partial charge in [0.25, 0.3) is 0 Å². The Balaban J connectivity index is 1.94. The number of aromatic hydroxyl groups is 2. The molecule has 170 valence electrons. The van der Waals surface area contributed by atoms with E-state index in [4.69, 9.17) is 20.4 Å². The summed E-state index contributed by atoms with van der Waals surface area (Å²) >= 11 is 6.49. The topological polar surface area (TPSA) is 101 Å².